The molecule has 0 aliphatic carbocycles. The lowest BCUT2D eigenvalue weighted by Gasteiger charge is -2.33. The number of benzene rings is 1. The lowest BCUT2D eigenvalue weighted by molar-refractivity contribution is -0.118. The van der Waals surface area contributed by atoms with Crippen LogP contribution in [-0.2, 0) is 29.0 Å². The Kier molecular flexibility index (Phi) is 7.21. The second-order valence-corrected chi connectivity index (χ2v) is 10.7. The first-order valence-electron chi connectivity index (χ1n) is 10.4. The minimum absolute atomic E-state index is 0.0317. The van der Waals surface area contributed by atoms with E-state index < -0.39 is 0 Å². The Hall–Kier alpha value is -1.61. The van der Waals surface area contributed by atoms with Gasteiger partial charge >= 0.3 is 0 Å². The quantitative estimate of drug-likeness (QED) is 0.279. The molecule has 1 amide bonds. The number of rotatable bonds is 8. The third-order valence-corrected chi connectivity index (χ3v) is 8.25. The molecule has 1 atom stereocenters. The Balaban J connectivity index is 1.49. The lowest BCUT2D eigenvalue weighted by atomic mass is 9.90. The summed E-state index contributed by atoms with van der Waals surface area (Å²) in [5, 5.41) is 5.80. The molecule has 1 aliphatic heterocycles. The van der Waals surface area contributed by atoms with Gasteiger partial charge in [0.2, 0.25) is 5.91 Å². The number of hydrogen-bond acceptors (Lipinski definition) is 7. The van der Waals surface area contributed by atoms with Crippen LogP contribution in [0.1, 0.15) is 36.3 Å². The average Bonchev–Trinajstić information content (AvgIpc) is 3.15. The van der Waals surface area contributed by atoms with Crippen LogP contribution >= 0.6 is 34.9 Å². The van der Waals surface area contributed by atoms with Crippen molar-refractivity contribution < 1.29 is 9.53 Å². The van der Waals surface area contributed by atoms with Gasteiger partial charge in [-0.1, -0.05) is 60.8 Å². The predicted molar refractivity (Wildman–Crippen MR) is 130 cm³/mol. The number of carbonyl (C=O) groups excluding carboxylic acids is 1. The number of carbonyl (C=O) groups is 1. The Morgan fingerprint density at radius 1 is 1.29 bits per heavy atom. The van der Waals surface area contributed by atoms with Crippen molar-refractivity contribution in [2.24, 2.45) is 0 Å². The highest BCUT2D eigenvalue weighted by Crippen LogP contribution is 2.43. The molecule has 3 heterocycles. The summed E-state index contributed by atoms with van der Waals surface area (Å²) in [5.74, 6) is 0.380. The Morgan fingerprint density at radius 2 is 2.10 bits per heavy atom. The molecule has 0 radical (unpaired) electrons. The van der Waals surface area contributed by atoms with Gasteiger partial charge in [-0.25, -0.2) is 9.97 Å². The maximum Gasteiger partial charge on any atom is 0.230 e. The minimum atomic E-state index is -0.157. The van der Waals surface area contributed by atoms with E-state index in [1.807, 2.05) is 24.5 Å². The molecular weight excluding hydrogens is 446 g/mol. The molecule has 4 rings (SSSR count). The van der Waals surface area contributed by atoms with Crippen molar-refractivity contribution in [3.63, 3.8) is 0 Å². The zero-order valence-corrected chi connectivity index (χ0v) is 20.5. The highest BCUT2D eigenvalue weighted by molar-refractivity contribution is 8.00. The first kappa shape index (κ1) is 22.6. The van der Waals surface area contributed by atoms with Crippen LogP contribution < -0.4 is 5.32 Å². The zero-order chi connectivity index (χ0) is 21.8. The van der Waals surface area contributed by atoms with Crippen LogP contribution in [0.15, 0.2) is 40.5 Å². The molecule has 8 heteroatoms. The van der Waals surface area contributed by atoms with Gasteiger partial charge < -0.3 is 10.1 Å². The van der Waals surface area contributed by atoms with Gasteiger partial charge in [-0.2, -0.15) is 0 Å². The summed E-state index contributed by atoms with van der Waals surface area (Å²) < 4.78 is 6.13. The van der Waals surface area contributed by atoms with Crippen molar-refractivity contribution in [3.8, 4) is 0 Å². The van der Waals surface area contributed by atoms with Gasteiger partial charge in [0.05, 0.1) is 18.0 Å². The summed E-state index contributed by atoms with van der Waals surface area (Å²) >= 11 is 4.74. The maximum atomic E-state index is 12.5. The van der Waals surface area contributed by atoms with Crippen LogP contribution in [-0.4, -0.2) is 40.0 Å². The van der Waals surface area contributed by atoms with Gasteiger partial charge in [0.25, 0.3) is 0 Å². The first-order valence-corrected chi connectivity index (χ1v) is 13.5. The highest BCUT2D eigenvalue weighted by atomic mass is 32.2. The molecule has 0 saturated heterocycles. The molecule has 0 fully saturated rings. The number of thiophene rings is 1. The summed E-state index contributed by atoms with van der Waals surface area (Å²) in [5.41, 5.74) is 2.37. The van der Waals surface area contributed by atoms with E-state index in [4.69, 9.17) is 14.7 Å². The smallest absolute Gasteiger partial charge is 0.230 e. The molecule has 1 aromatic carbocycles. The summed E-state index contributed by atoms with van der Waals surface area (Å²) in [6.07, 6.45) is 4.63. The van der Waals surface area contributed by atoms with E-state index in [2.05, 4.69) is 31.3 Å². The van der Waals surface area contributed by atoms with Crippen LogP contribution in [0.4, 0.5) is 0 Å². The van der Waals surface area contributed by atoms with E-state index >= 15 is 0 Å². The van der Waals surface area contributed by atoms with Crippen molar-refractivity contribution in [1.29, 1.82) is 0 Å². The zero-order valence-electron chi connectivity index (χ0n) is 18.1. The number of ether oxygens (including phenoxy) is 1. The van der Waals surface area contributed by atoms with Crippen molar-refractivity contribution in [3.05, 3.63) is 46.3 Å². The number of thioether (sulfide) groups is 2. The molecule has 164 valence electrons. The first-order chi connectivity index (χ1) is 15.0. The van der Waals surface area contributed by atoms with Crippen LogP contribution in [0, 0.1) is 0 Å². The molecule has 0 unspecified atom stereocenters. The van der Waals surface area contributed by atoms with E-state index in [0.717, 1.165) is 39.7 Å². The second kappa shape index (κ2) is 9.90. The van der Waals surface area contributed by atoms with Gasteiger partial charge in [0.15, 0.2) is 5.16 Å². The number of fused-ring (bicyclic) bond motifs is 3. The minimum Gasteiger partial charge on any atom is -0.369 e. The largest absolute Gasteiger partial charge is 0.369 e. The van der Waals surface area contributed by atoms with E-state index in [1.165, 1.54) is 39.5 Å². The molecule has 0 spiro atoms. The number of aromatic nitrogens is 2. The molecule has 31 heavy (non-hydrogen) atoms. The molecule has 0 saturated carbocycles. The topological polar surface area (TPSA) is 64.1 Å². The number of hydrogen-bond donors (Lipinski definition) is 1. The maximum absolute atomic E-state index is 12.5. The van der Waals surface area contributed by atoms with Crippen molar-refractivity contribution in [1.82, 2.24) is 15.3 Å². The summed E-state index contributed by atoms with van der Waals surface area (Å²) in [6.45, 7) is 5.60. The van der Waals surface area contributed by atoms with Crippen molar-refractivity contribution in [2.75, 3.05) is 18.6 Å². The van der Waals surface area contributed by atoms with E-state index in [-0.39, 0.29) is 11.5 Å². The average molecular weight is 474 g/mol. The van der Waals surface area contributed by atoms with Gasteiger partial charge in [-0.05, 0) is 37.1 Å². The summed E-state index contributed by atoms with van der Waals surface area (Å²) in [6, 6.07) is 10.2. The second-order valence-electron chi connectivity index (χ2n) is 7.84. The molecular formula is C23H27N3O2S3. The fourth-order valence-electron chi connectivity index (χ4n) is 3.62. The van der Waals surface area contributed by atoms with Crippen LogP contribution in [0.3, 0.4) is 0 Å². The molecule has 1 N–H and O–H groups in total. The number of nitrogens with zero attached hydrogens (tertiary/aromatic N) is 2. The molecule has 3 aromatic rings. The Morgan fingerprint density at radius 3 is 2.84 bits per heavy atom. The van der Waals surface area contributed by atoms with Gasteiger partial charge in [0.1, 0.15) is 9.86 Å². The molecule has 5 nitrogen and oxygen atoms in total. The summed E-state index contributed by atoms with van der Waals surface area (Å²) in [7, 11) is 0. The fraction of sp³-hybridized carbons (Fsp3) is 0.435. The molecule has 1 aliphatic rings. The van der Waals surface area contributed by atoms with Crippen LogP contribution in [0.25, 0.3) is 10.2 Å². The molecule has 0 bridgehead atoms. The van der Waals surface area contributed by atoms with Crippen molar-refractivity contribution >= 4 is 51.0 Å². The van der Waals surface area contributed by atoms with E-state index in [9.17, 15) is 4.79 Å². The normalized spacial score (nSPS) is 18.2. The number of nitrogens with one attached hydrogen (secondary N) is 1. The number of amides is 1. The fourth-order valence-corrected chi connectivity index (χ4v) is 6.15. The summed E-state index contributed by atoms with van der Waals surface area (Å²) in [4.78, 5) is 24.2. The molecule has 2 aromatic heterocycles. The van der Waals surface area contributed by atoms with Gasteiger partial charge in [0, 0.05) is 23.2 Å². The third kappa shape index (κ3) is 5.25. The van der Waals surface area contributed by atoms with Crippen molar-refractivity contribution in [2.45, 2.75) is 55.5 Å². The SMILES string of the molecule is CC[C@@]1(C)Cc2c(sc3nc(SC)nc(SCC(=O)NCCc4ccccc4)c23)CO1. The van der Waals surface area contributed by atoms with Gasteiger partial charge in [-0.3, -0.25) is 4.79 Å². The van der Waals surface area contributed by atoms with E-state index in [1.54, 1.807) is 11.3 Å². The Bertz CT molecular complexity index is 1070. The predicted octanol–water partition coefficient (Wildman–Crippen LogP) is 5.11. The monoisotopic (exact) mass is 473 g/mol. The third-order valence-electron chi connectivity index (χ3n) is 5.63. The van der Waals surface area contributed by atoms with Crippen LogP contribution in [0.2, 0.25) is 0 Å². The standard InChI is InChI=1S/C23H27N3O2S3/c1-4-23(2)12-16-17(13-28-23)31-21-19(16)20(25-22(26-21)29-3)30-14-18(27)24-11-10-15-8-6-5-7-9-15/h5-9H,4,10-14H2,1-3H3,(H,24,27)/t23-/m0/s1. The van der Waals surface area contributed by atoms with Crippen LogP contribution in [0.5, 0.6) is 0 Å². The van der Waals surface area contributed by atoms with E-state index in [0.29, 0.717) is 18.9 Å². The van der Waals surface area contributed by atoms with Gasteiger partial charge in [-0.15, -0.1) is 11.3 Å². The highest BCUT2D eigenvalue weighted by Gasteiger charge is 2.33. The lowest BCUT2D eigenvalue weighted by Crippen LogP contribution is -2.33. The Labute approximate surface area is 195 Å².